The van der Waals surface area contributed by atoms with Gasteiger partial charge in [-0.3, -0.25) is 0 Å². The quantitative estimate of drug-likeness (QED) is 0.582. The van der Waals surface area contributed by atoms with Crippen LogP contribution in [0.5, 0.6) is 0 Å². The van der Waals surface area contributed by atoms with E-state index in [0.29, 0.717) is 0 Å². The molecule has 0 heterocycles. The summed E-state index contributed by atoms with van der Waals surface area (Å²) in [6, 6.07) is 7.70. The summed E-state index contributed by atoms with van der Waals surface area (Å²) in [7, 11) is 0. The number of benzene rings is 1. The molecule has 0 spiro atoms. The van der Waals surface area contributed by atoms with Crippen LogP contribution >= 0.6 is 0 Å². The van der Waals surface area contributed by atoms with Crippen molar-refractivity contribution < 1.29 is 9.90 Å². The van der Waals surface area contributed by atoms with Gasteiger partial charge in [0.25, 0.3) is 0 Å². The zero-order chi connectivity index (χ0) is 10.4. The number of carboxylic acid groups (broad SMARTS) is 1. The molecule has 0 amide bonds. The Hall–Kier alpha value is -1.83. The third-order valence-electron chi connectivity index (χ3n) is 1.75. The maximum absolute atomic E-state index is 10.3. The first-order chi connectivity index (χ1) is 6.72. The summed E-state index contributed by atoms with van der Waals surface area (Å²) in [6.07, 6.45) is 5.33. The summed E-state index contributed by atoms with van der Waals surface area (Å²) < 4.78 is 0. The van der Waals surface area contributed by atoms with Crippen molar-refractivity contribution in [3.05, 3.63) is 54.1 Å². The fraction of sp³-hybridized carbons (Fsp3) is 0.0833. The molecule has 1 N–H and O–H groups in total. The van der Waals surface area contributed by atoms with Gasteiger partial charge in [0.1, 0.15) is 0 Å². The van der Waals surface area contributed by atoms with E-state index in [2.05, 4.69) is 6.58 Å². The second kappa shape index (κ2) is 5.02. The predicted molar refractivity (Wildman–Crippen MR) is 57.0 cm³/mol. The van der Waals surface area contributed by atoms with Crippen molar-refractivity contribution in [1.82, 2.24) is 0 Å². The van der Waals surface area contributed by atoms with Crippen LogP contribution in [-0.2, 0) is 11.2 Å². The average molecular weight is 188 g/mol. The zero-order valence-electron chi connectivity index (χ0n) is 7.81. The Labute approximate surface area is 83.2 Å². The summed E-state index contributed by atoms with van der Waals surface area (Å²) in [5.74, 6) is -0.931. The maximum atomic E-state index is 10.3. The highest BCUT2D eigenvalue weighted by molar-refractivity contribution is 5.85. The van der Waals surface area contributed by atoms with Gasteiger partial charge in [-0.15, -0.1) is 6.58 Å². The number of carboxylic acids is 1. The second-order valence-corrected chi connectivity index (χ2v) is 2.91. The van der Waals surface area contributed by atoms with Gasteiger partial charge in [-0.1, -0.05) is 30.3 Å². The van der Waals surface area contributed by atoms with E-state index in [0.717, 1.165) is 23.6 Å². The Morgan fingerprint density at radius 2 is 2.29 bits per heavy atom. The highest BCUT2D eigenvalue weighted by atomic mass is 16.4. The van der Waals surface area contributed by atoms with Crippen molar-refractivity contribution in [2.45, 2.75) is 6.42 Å². The van der Waals surface area contributed by atoms with Crippen LogP contribution in [-0.4, -0.2) is 11.1 Å². The average Bonchev–Trinajstić information content (AvgIpc) is 2.16. The number of aliphatic carboxylic acids is 1. The molecule has 14 heavy (non-hydrogen) atoms. The minimum atomic E-state index is -0.931. The Bertz CT molecular complexity index is 364. The lowest BCUT2D eigenvalue weighted by atomic mass is 10.1. The lowest BCUT2D eigenvalue weighted by Gasteiger charge is -1.97. The van der Waals surface area contributed by atoms with E-state index in [1.165, 1.54) is 0 Å². The number of rotatable bonds is 4. The summed E-state index contributed by atoms with van der Waals surface area (Å²) in [5, 5.41) is 8.44. The van der Waals surface area contributed by atoms with Crippen LogP contribution in [0.3, 0.4) is 0 Å². The van der Waals surface area contributed by atoms with Gasteiger partial charge >= 0.3 is 5.97 Å². The molecule has 0 aliphatic rings. The number of hydrogen-bond acceptors (Lipinski definition) is 1. The Balaban J connectivity index is 2.82. The van der Waals surface area contributed by atoms with Crippen molar-refractivity contribution in [2.75, 3.05) is 0 Å². The lowest BCUT2D eigenvalue weighted by molar-refractivity contribution is -0.131. The maximum Gasteiger partial charge on any atom is 0.328 e. The molecule has 0 unspecified atom stereocenters. The van der Waals surface area contributed by atoms with Gasteiger partial charge in [0.05, 0.1) is 0 Å². The number of hydrogen-bond donors (Lipinski definition) is 1. The Morgan fingerprint density at radius 3 is 2.93 bits per heavy atom. The molecule has 0 bridgehead atoms. The minimum absolute atomic E-state index is 0.800. The van der Waals surface area contributed by atoms with Crippen LogP contribution in [0.1, 0.15) is 11.1 Å². The molecule has 0 saturated heterocycles. The summed E-state index contributed by atoms with van der Waals surface area (Å²) in [6.45, 7) is 3.65. The van der Waals surface area contributed by atoms with Crippen LogP contribution in [0.25, 0.3) is 6.08 Å². The highest BCUT2D eigenvalue weighted by Crippen LogP contribution is 2.07. The molecular formula is C12H12O2. The lowest BCUT2D eigenvalue weighted by Crippen LogP contribution is -1.86. The van der Waals surface area contributed by atoms with Gasteiger partial charge in [0, 0.05) is 6.08 Å². The molecule has 1 aromatic carbocycles. The van der Waals surface area contributed by atoms with Gasteiger partial charge in [-0.05, 0) is 23.6 Å². The van der Waals surface area contributed by atoms with Crippen LogP contribution in [0, 0.1) is 0 Å². The van der Waals surface area contributed by atoms with E-state index >= 15 is 0 Å². The topological polar surface area (TPSA) is 37.3 Å². The monoisotopic (exact) mass is 188 g/mol. The summed E-state index contributed by atoms with van der Waals surface area (Å²) in [4.78, 5) is 10.3. The minimum Gasteiger partial charge on any atom is -0.478 e. The number of carbonyl (C=O) groups is 1. The van der Waals surface area contributed by atoms with Crippen LogP contribution in [0.4, 0.5) is 0 Å². The molecule has 0 atom stereocenters. The van der Waals surface area contributed by atoms with Gasteiger partial charge in [0.2, 0.25) is 0 Å². The summed E-state index contributed by atoms with van der Waals surface area (Å²) in [5.41, 5.74) is 2.03. The Morgan fingerprint density at radius 1 is 1.50 bits per heavy atom. The molecule has 2 heteroatoms. The first-order valence-electron chi connectivity index (χ1n) is 4.33. The molecule has 0 fully saturated rings. The molecule has 0 saturated carbocycles. The van der Waals surface area contributed by atoms with Crippen molar-refractivity contribution in [3.8, 4) is 0 Å². The third kappa shape index (κ3) is 3.27. The van der Waals surface area contributed by atoms with E-state index in [9.17, 15) is 4.79 Å². The van der Waals surface area contributed by atoms with Gasteiger partial charge in [-0.25, -0.2) is 4.79 Å². The van der Waals surface area contributed by atoms with E-state index in [-0.39, 0.29) is 0 Å². The molecule has 0 aliphatic carbocycles. The normalized spacial score (nSPS) is 10.3. The van der Waals surface area contributed by atoms with Crippen LogP contribution in [0.15, 0.2) is 43.0 Å². The Kier molecular flexibility index (Phi) is 3.68. The third-order valence-corrected chi connectivity index (χ3v) is 1.75. The van der Waals surface area contributed by atoms with E-state index in [1.54, 1.807) is 6.08 Å². The molecule has 1 aromatic rings. The van der Waals surface area contributed by atoms with Gasteiger partial charge < -0.3 is 5.11 Å². The molecule has 72 valence electrons. The van der Waals surface area contributed by atoms with Crippen molar-refractivity contribution in [1.29, 1.82) is 0 Å². The fourth-order valence-corrected chi connectivity index (χ4v) is 1.16. The van der Waals surface area contributed by atoms with Crippen molar-refractivity contribution >= 4 is 12.0 Å². The van der Waals surface area contributed by atoms with Crippen molar-refractivity contribution in [3.63, 3.8) is 0 Å². The van der Waals surface area contributed by atoms with E-state index in [1.807, 2.05) is 30.3 Å². The highest BCUT2D eigenvalue weighted by Gasteiger charge is 1.92. The fourth-order valence-electron chi connectivity index (χ4n) is 1.16. The van der Waals surface area contributed by atoms with E-state index < -0.39 is 5.97 Å². The van der Waals surface area contributed by atoms with Gasteiger partial charge in [-0.2, -0.15) is 0 Å². The smallest absolute Gasteiger partial charge is 0.328 e. The standard InChI is InChI=1S/C12H12O2/c1-2-4-10-5-3-6-11(9-10)7-8-12(13)14/h2-3,5-9H,1,4H2,(H,13,14). The first kappa shape index (κ1) is 10.3. The first-order valence-corrected chi connectivity index (χ1v) is 4.33. The molecular weight excluding hydrogens is 176 g/mol. The zero-order valence-corrected chi connectivity index (χ0v) is 7.81. The molecule has 2 nitrogen and oxygen atoms in total. The molecule has 1 rings (SSSR count). The van der Waals surface area contributed by atoms with Crippen LogP contribution in [0.2, 0.25) is 0 Å². The summed E-state index contributed by atoms with van der Waals surface area (Å²) >= 11 is 0. The van der Waals surface area contributed by atoms with Crippen molar-refractivity contribution in [2.24, 2.45) is 0 Å². The largest absolute Gasteiger partial charge is 0.478 e. The second-order valence-electron chi connectivity index (χ2n) is 2.91. The molecule has 0 aromatic heterocycles. The number of allylic oxidation sites excluding steroid dienone is 1. The molecule has 0 aliphatic heterocycles. The SMILES string of the molecule is C=CCc1cccc(C=CC(=O)O)c1. The molecule has 0 radical (unpaired) electrons. The van der Waals surface area contributed by atoms with Crippen LogP contribution < -0.4 is 0 Å². The van der Waals surface area contributed by atoms with Gasteiger partial charge in [0.15, 0.2) is 0 Å². The predicted octanol–water partition coefficient (Wildman–Crippen LogP) is 2.51. The van der Waals surface area contributed by atoms with E-state index in [4.69, 9.17) is 5.11 Å².